The van der Waals surface area contributed by atoms with Gasteiger partial charge < -0.3 is 15.5 Å². The van der Waals surface area contributed by atoms with Crippen LogP contribution in [0.1, 0.15) is 29.8 Å². The van der Waals surface area contributed by atoms with E-state index >= 15 is 0 Å². The van der Waals surface area contributed by atoms with E-state index in [0.29, 0.717) is 6.54 Å². The minimum atomic E-state index is 0.277. The van der Waals surface area contributed by atoms with Crippen LogP contribution in [-0.4, -0.2) is 43.5 Å². The number of aryl methyl sites for hydroxylation is 1. The molecule has 5 heteroatoms. The van der Waals surface area contributed by atoms with E-state index in [1.807, 2.05) is 18.2 Å². The van der Waals surface area contributed by atoms with Gasteiger partial charge in [-0.2, -0.15) is 0 Å². The van der Waals surface area contributed by atoms with Crippen LogP contribution < -0.4 is 10.6 Å². The van der Waals surface area contributed by atoms with Crippen molar-refractivity contribution in [2.75, 3.05) is 27.7 Å². The predicted molar refractivity (Wildman–Crippen MR) is 105 cm³/mol. The second-order valence-electron chi connectivity index (χ2n) is 6.20. The van der Waals surface area contributed by atoms with E-state index in [1.54, 1.807) is 13.2 Å². The third kappa shape index (κ3) is 5.87. The van der Waals surface area contributed by atoms with Crippen LogP contribution in [0.25, 0.3) is 0 Å². The zero-order valence-corrected chi connectivity index (χ0v) is 15.7. The van der Waals surface area contributed by atoms with Crippen molar-refractivity contribution < 1.29 is 0 Å². The molecule has 0 amide bonds. The Morgan fingerprint density at radius 3 is 2.44 bits per heavy atom. The van der Waals surface area contributed by atoms with Crippen molar-refractivity contribution in [1.82, 2.24) is 20.5 Å². The molecular weight excluding hydrogens is 310 g/mol. The molecule has 2 N–H and O–H groups in total. The Bertz CT molecular complexity index is 650. The Morgan fingerprint density at radius 2 is 1.88 bits per heavy atom. The van der Waals surface area contributed by atoms with Crippen LogP contribution in [0.2, 0.25) is 0 Å². The lowest BCUT2D eigenvalue weighted by atomic mass is 10.0. The second kappa shape index (κ2) is 9.79. The van der Waals surface area contributed by atoms with Gasteiger partial charge in [-0.05, 0) is 43.8 Å². The third-order valence-electron chi connectivity index (χ3n) is 4.25. The van der Waals surface area contributed by atoms with Gasteiger partial charge in [-0.25, -0.2) is 0 Å². The van der Waals surface area contributed by atoms with Gasteiger partial charge in [0.1, 0.15) is 0 Å². The molecule has 0 aliphatic rings. The van der Waals surface area contributed by atoms with Crippen molar-refractivity contribution in [3.63, 3.8) is 0 Å². The van der Waals surface area contributed by atoms with Crippen LogP contribution in [0.15, 0.2) is 53.7 Å². The molecular formula is C20H29N5. The lowest BCUT2D eigenvalue weighted by molar-refractivity contribution is 0.298. The maximum absolute atomic E-state index is 4.32. The lowest BCUT2D eigenvalue weighted by Gasteiger charge is -2.26. The summed E-state index contributed by atoms with van der Waals surface area (Å²) in [5.41, 5.74) is 3.65. The third-order valence-corrected chi connectivity index (χ3v) is 4.25. The number of pyridine rings is 1. The van der Waals surface area contributed by atoms with Crippen LogP contribution in [0.5, 0.6) is 0 Å². The monoisotopic (exact) mass is 339 g/mol. The number of nitrogens with one attached hydrogen (secondary N) is 2. The summed E-state index contributed by atoms with van der Waals surface area (Å²) in [6.45, 7) is 3.61. The highest BCUT2D eigenvalue weighted by atomic mass is 15.2. The molecule has 5 nitrogen and oxygen atoms in total. The Morgan fingerprint density at radius 1 is 1.12 bits per heavy atom. The summed E-state index contributed by atoms with van der Waals surface area (Å²) in [5, 5.41) is 6.73. The molecule has 1 heterocycles. The van der Waals surface area contributed by atoms with E-state index in [0.717, 1.165) is 24.6 Å². The Balaban J connectivity index is 1.94. The summed E-state index contributed by atoms with van der Waals surface area (Å²) >= 11 is 0. The molecule has 0 saturated carbocycles. The van der Waals surface area contributed by atoms with Gasteiger partial charge in [-0.3, -0.25) is 9.98 Å². The van der Waals surface area contributed by atoms with Crippen molar-refractivity contribution in [3.8, 4) is 0 Å². The fourth-order valence-corrected chi connectivity index (χ4v) is 2.66. The van der Waals surface area contributed by atoms with E-state index < -0.39 is 0 Å². The highest BCUT2D eigenvalue weighted by Crippen LogP contribution is 2.18. The van der Waals surface area contributed by atoms with Gasteiger partial charge in [0.25, 0.3) is 0 Å². The molecule has 1 aromatic heterocycles. The quantitative estimate of drug-likeness (QED) is 0.601. The summed E-state index contributed by atoms with van der Waals surface area (Å²) in [7, 11) is 5.99. The highest BCUT2D eigenvalue weighted by molar-refractivity contribution is 5.79. The molecule has 0 bridgehead atoms. The van der Waals surface area contributed by atoms with Gasteiger partial charge in [-0.15, -0.1) is 0 Å². The SMILES string of the molecule is CCc1ccc(C(CNC(=NC)NCc2ccccn2)N(C)C)cc1. The number of aromatic nitrogens is 1. The van der Waals surface area contributed by atoms with Gasteiger partial charge >= 0.3 is 0 Å². The summed E-state index contributed by atoms with van der Waals surface area (Å²) < 4.78 is 0. The molecule has 0 spiro atoms. The van der Waals surface area contributed by atoms with Crippen LogP contribution in [0, 0.1) is 0 Å². The van der Waals surface area contributed by atoms with Gasteiger partial charge in [0.2, 0.25) is 0 Å². The number of nitrogens with zero attached hydrogens (tertiary/aromatic N) is 3. The number of aliphatic imine (C=N–C) groups is 1. The number of guanidine groups is 1. The number of rotatable bonds is 7. The zero-order valence-electron chi connectivity index (χ0n) is 15.7. The largest absolute Gasteiger partial charge is 0.354 e. The van der Waals surface area contributed by atoms with E-state index in [-0.39, 0.29) is 6.04 Å². The summed E-state index contributed by atoms with van der Waals surface area (Å²) in [4.78, 5) is 10.8. The van der Waals surface area contributed by atoms with Crippen LogP contribution >= 0.6 is 0 Å². The van der Waals surface area contributed by atoms with Crippen molar-refractivity contribution in [2.45, 2.75) is 25.9 Å². The first-order chi connectivity index (χ1) is 12.1. The smallest absolute Gasteiger partial charge is 0.191 e. The molecule has 134 valence electrons. The molecule has 25 heavy (non-hydrogen) atoms. The van der Waals surface area contributed by atoms with Gasteiger partial charge in [0, 0.05) is 19.8 Å². The number of benzene rings is 1. The number of hydrogen-bond acceptors (Lipinski definition) is 3. The lowest BCUT2D eigenvalue weighted by Crippen LogP contribution is -2.41. The predicted octanol–water partition coefficient (Wildman–Crippen LogP) is 2.61. The van der Waals surface area contributed by atoms with Crippen molar-refractivity contribution >= 4 is 5.96 Å². The Hall–Kier alpha value is -2.40. The normalized spacial score (nSPS) is 12.9. The summed E-state index contributed by atoms with van der Waals surface area (Å²) in [5.74, 6) is 0.780. The molecule has 0 fully saturated rings. The second-order valence-corrected chi connectivity index (χ2v) is 6.20. The Kier molecular flexibility index (Phi) is 7.41. The van der Waals surface area contributed by atoms with E-state index in [9.17, 15) is 0 Å². The van der Waals surface area contributed by atoms with Crippen LogP contribution in [0.3, 0.4) is 0 Å². The van der Waals surface area contributed by atoms with Crippen molar-refractivity contribution in [1.29, 1.82) is 0 Å². The average Bonchev–Trinajstić information content (AvgIpc) is 2.65. The van der Waals surface area contributed by atoms with E-state index in [2.05, 4.69) is 70.8 Å². The molecule has 1 aromatic carbocycles. The van der Waals surface area contributed by atoms with E-state index in [4.69, 9.17) is 0 Å². The molecule has 1 atom stereocenters. The summed E-state index contributed by atoms with van der Waals surface area (Å²) in [6, 6.07) is 15.0. The molecule has 2 aromatic rings. The molecule has 1 unspecified atom stereocenters. The zero-order chi connectivity index (χ0) is 18.1. The van der Waals surface area contributed by atoms with Gasteiger partial charge in [0.05, 0.1) is 18.3 Å². The molecule has 0 aliphatic carbocycles. The first-order valence-corrected chi connectivity index (χ1v) is 8.73. The Labute approximate surface area is 151 Å². The number of likely N-dealkylation sites (N-methyl/N-ethyl adjacent to an activating group) is 1. The van der Waals surface area contributed by atoms with Crippen LogP contribution in [-0.2, 0) is 13.0 Å². The fraction of sp³-hybridized carbons (Fsp3) is 0.400. The fourth-order valence-electron chi connectivity index (χ4n) is 2.66. The first-order valence-electron chi connectivity index (χ1n) is 8.73. The standard InChI is InChI=1S/C20H29N5/c1-5-16-9-11-17(12-10-16)19(25(3)4)15-24-20(21-2)23-14-18-8-6-7-13-22-18/h6-13,19H,5,14-15H2,1-4H3,(H2,21,23,24). The van der Waals surface area contributed by atoms with E-state index in [1.165, 1.54) is 11.1 Å². The minimum absolute atomic E-state index is 0.277. The summed E-state index contributed by atoms with van der Waals surface area (Å²) in [6.07, 6.45) is 2.87. The molecule has 0 aliphatic heterocycles. The topological polar surface area (TPSA) is 52.6 Å². The van der Waals surface area contributed by atoms with Gasteiger partial charge in [-0.1, -0.05) is 37.3 Å². The molecule has 0 radical (unpaired) electrons. The van der Waals surface area contributed by atoms with Crippen LogP contribution in [0.4, 0.5) is 0 Å². The van der Waals surface area contributed by atoms with Gasteiger partial charge in [0.15, 0.2) is 5.96 Å². The molecule has 0 saturated heterocycles. The molecule has 2 rings (SSSR count). The van der Waals surface area contributed by atoms with Crippen molar-refractivity contribution in [3.05, 3.63) is 65.5 Å². The van der Waals surface area contributed by atoms with Crippen molar-refractivity contribution in [2.24, 2.45) is 4.99 Å². The minimum Gasteiger partial charge on any atom is -0.354 e. The first kappa shape index (κ1) is 18.9. The maximum atomic E-state index is 4.32. The average molecular weight is 339 g/mol. The maximum Gasteiger partial charge on any atom is 0.191 e. The number of hydrogen-bond donors (Lipinski definition) is 2. The highest BCUT2D eigenvalue weighted by Gasteiger charge is 2.14.